The molecular formula is C81H96Cl2N14O10S2. The van der Waals surface area contributed by atoms with E-state index in [1.807, 2.05) is 74.2 Å². The lowest BCUT2D eigenvalue weighted by atomic mass is 9.90. The van der Waals surface area contributed by atoms with Crippen LogP contribution in [0.1, 0.15) is 195 Å². The fourth-order valence-electron chi connectivity index (χ4n) is 18.4. The van der Waals surface area contributed by atoms with E-state index in [4.69, 9.17) is 37.4 Å². The lowest BCUT2D eigenvalue weighted by Gasteiger charge is -2.33. The van der Waals surface area contributed by atoms with Crippen molar-refractivity contribution >= 4 is 72.8 Å². The summed E-state index contributed by atoms with van der Waals surface area (Å²) in [6, 6.07) is 38.3. The van der Waals surface area contributed by atoms with Crippen LogP contribution >= 0.6 is 23.2 Å². The summed E-state index contributed by atoms with van der Waals surface area (Å²) >= 11 is 12.8. The Morgan fingerprint density at radius 1 is 0.541 bits per heavy atom. The second-order valence-corrected chi connectivity index (χ2v) is 37.5. The molecule has 6 saturated carbocycles. The van der Waals surface area contributed by atoms with Crippen molar-refractivity contribution < 1.29 is 45.4 Å². The molecule has 8 heterocycles. The highest BCUT2D eigenvalue weighted by Gasteiger charge is 2.86. The number of aromatic nitrogens is 8. The molecule has 16 rings (SSSR count). The number of anilines is 2. The number of nitrogens with zero attached hydrogens (tertiary/aromatic N) is 9. The fraction of sp³-hybridized carbons (Fsp3) is 0.494. The van der Waals surface area contributed by atoms with Crippen LogP contribution in [-0.4, -0.2) is 122 Å². The molecule has 6 aromatic heterocycles. The van der Waals surface area contributed by atoms with Crippen molar-refractivity contribution in [3.05, 3.63) is 178 Å². The van der Waals surface area contributed by atoms with Gasteiger partial charge in [-0.05, 0) is 263 Å². The van der Waals surface area contributed by atoms with Crippen LogP contribution in [0.25, 0.3) is 11.6 Å². The zero-order valence-corrected chi connectivity index (χ0v) is 65.8. The third-order valence-electron chi connectivity index (χ3n) is 24.2. The minimum Gasteiger partial charge on any atom is -0.477 e. The lowest BCUT2D eigenvalue weighted by molar-refractivity contribution is 0.0130. The summed E-state index contributed by atoms with van der Waals surface area (Å²) in [6.07, 6.45) is 21.5. The molecule has 2 unspecified atom stereocenters. The fourth-order valence-corrected chi connectivity index (χ4v) is 20.7. The summed E-state index contributed by atoms with van der Waals surface area (Å²) in [5, 5.41) is 18.4. The number of amides is 3. The number of carbonyl (C=O) groups excluding carboxylic acids is 3. The molecule has 576 valence electrons. The summed E-state index contributed by atoms with van der Waals surface area (Å²) in [6.45, 7) is 17.0. The maximum absolute atomic E-state index is 13.5. The maximum Gasteiger partial charge on any atom is 0.410 e. The van der Waals surface area contributed by atoms with Crippen LogP contribution in [0.15, 0.2) is 156 Å². The van der Waals surface area contributed by atoms with Gasteiger partial charge in [0.15, 0.2) is 21.7 Å². The van der Waals surface area contributed by atoms with Crippen molar-refractivity contribution in [3.8, 4) is 23.4 Å². The number of ether oxygens (including phenoxy) is 3. The summed E-state index contributed by atoms with van der Waals surface area (Å²) in [5.74, 6) is 2.92. The predicted molar refractivity (Wildman–Crippen MR) is 414 cm³/mol. The van der Waals surface area contributed by atoms with Gasteiger partial charge in [-0.25, -0.2) is 43.5 Å². The smallest absolute Gasteiger partial charge is 0.410 e. The van der Waals surface area contributed by atoms with E-state index in [2.05, 4.69) is 95.4 Å². The van der Waals surface area contributed by atoms with Crippen molar-refractivity contribution in [1.82, 2.24) is 59.2 Å². The molecule has 4 spiro atoms. The summed E-state index contributed by atoms with van der Waals surface area (Å²) in [7, 11) is -8.75. The molecule has 28 heteroatoms. The highest BCUT2D eigenvalue weighted by atomic mass is 35.5. The van der Waals surface area contributed by atoms with Crippen molar-refractivity contribution in [2.24, 2.45) is 45.3 Å². The van der Waals surface area contributed by atoms with Crippen LogP contribution in [0.3, 0.4) is 0 Å². The molecule has 0 bridgehead atoms. The molecule has 8 fully saturated rings. The van der Waals surface area contributed by atoms with E-state index < -0.39 is 37.5 Å². The first-order chi connectivity index (χ1) is 52.0. The molecule has 4 atom stereocenters. The Morgan fingerprint density at radius 3 is 1.37 bits per heavy atom. The summed E-state index contributed by atoms with van der Waals surface area (Å²) in [4.78, 5) is 58.7. The average Bonchev–Trinajstić information content (AvgIpc) is 1.45. The van der Waals surface area contributed by atoms with Gasteiger partial charge in [0.1, 0.15) is 27.5 Å². The number of pyridine rings is 4. The zero-order valence-electron chi connectivity index (χ0n) is 62.6. The van der Waals surface area contributed by atoms with Crippen LogP contribution in [0.5, 0.6) is 11.8 Å². The average molecular weight is 1560 g/mol. The Labute approximate surface area is 647 Å². The second kappa shape index (κ2) is 29.2. The molecule has 3 amide bonds. The Morgan fingerprint density at radius 2 is 0.972 bits per heavy atom. The molecule has 5 N–H and O–H groups in total. The molecule has 24 nitrogen and oxygen atoms in total. The third-order valence-corrected chi connectivity index (χ3v) is 27.2. The molecular weight excluding hydrogens is 1460 g/mol. The van der Waals surface area contributed by atoms with Gasteiger partial charge in [0.25, 0.3) is 31.9 Å². The Kier molecular flexibility index (Phi) is 20.3. The van der Waals surface area contributed by atoms with Crippen molar-refractivity contribution in [2.45, 2.75) is 190 Å². The van der Waals surface area contributed by atoms with Gasteiger partial charge in [0.2, 0.25) is 11.8 Å². The molecule has 109 heavy (non-hydrogen) atoms. The topological polar surface area (TPSA) is 298 Å². The molecule has 2 aliphatic heterocycles. The molecule has 6 aliphatic carbocycles. The van der Waals surface area contributed by atoms with E-state index in [1.165, 1.54) is 91.1 Å². The van der Waals surface area contributed by atoms with Gasteiger partial charge in [-0.1, -0.05) is 96.0 Å². The minimum atomic E-state index is -4.41. The Bertz CT molecular complexity index is 4930. The van der Waals surface area contributed by atoms with Crippen molar-refractivity contribution in [1.29, 1.82) is 0 Å². The number of halogens is 2. The summed E-state index contributed by atoms with van der Waals surface area (Å²) in [5.41, 5.74) is 3.64. The van der Waals surface area contributed by atoms with Gasteiger partial charge in [0.05, 0.1) is 36.4 Å². The van der Waals surface area contributed by atoms with Gasteiger partial charge in [-0.2, -0.15) is 16.8 Å². The molecule has 8 aromatic rings. The third kappa shape index (κ3) is 16.3. The number of hydrogen-bond acceptors (Lipinski definition) is 19. The van der Waals surface area contributed by atoms with Crippen LogP contribution in [0.4, 0.5) is 16.4 Å². The number of rotatable bonds is 28. The maximum atomic E-state index is 13.5. The van der Waals surface area contributed by atoms with Gasteiger partial charge in [-0.15, -0.1) is 10.2 Å². The quantitative estimate of drug-likeness (QED) is 0.0285. The van der Waals surface area contributed by atoms with Crippen molar-refractivity contribution in [2.75, 3.05) is 36.9 Å². The SMILES string of the molecule is CC(C)(C)OC(=O)N1C[C@@H](CCC(Nc2cccc(S(=O)(=O)NC(=O)c3ccc(-n4ccc(OCCC5C6(CC6)C56CC6)n4)nc3Cl)n2)c2ccccc2)CC1(C)C.CC1(C)C[C@H](CCC(Nc2cccc(S(=O)(=O)NC(=O)c3ccc(-n4ccc(OCCC5C6(CC6)C56CC6)n4)nc3Cl)n2)c2ccccc2)CN1. The van der Waals surface area contributed by atoms with E-state index >= 15 is 0 Å². The van der Waals surface area contributed by atoms with Crippen molar-refractivity contribution in [3.63, 3.8) is 0 Å². The Balaban J connectivity index is 0.000000175. The number of sulfonamides is 2. The summed E-state index contributed by atoms with van der Waals surface area (Å²) < 4.78 is 78.6. The number of benzene rings is 2. The van der Waals surface area contributed by atoms with Gasteiger partial charge in [0, 0.05) is 42.1 Å². The number of hydrogen-bond donors (Lipinski definition) is 5. The van der Waals surface area contributed by atoms with Gasteiger partial charge < -0.3 is 35.1 Å². The molecule has 0 radical (unpaired) electrons. The first kappa shape index (κ1) is 75.7. The predicted octanol–water partition coefficient (Wildman–Crippen LogP) is 15.1. The van der Waals surface area contributed by atoms with Crippen LogP contribution in [-0.2, 0) is 24.8 Å². The molecule has 8 aliphatic rings. The minimum absolute atomic E-state index is 0.0803. The highest BCUT2D eigenvalue weighted by Crippen LogP contribution is 2.94. The first-order valence-electron chi connectivity index (χ1n) is 38.1. The van der Waals surface area contributed by atoms with Gasteiger partial charge >= 0.3 is 6.09 Å². The van der Waals surface area contributed by atoms with Crippen LogP contribution < -0.4 is 34.9 Å². The normalized spacial score (nSPS) is 20.9. The van der Waals surface area contributed by atoms with Crippen LogP contribution in [0.2, 0.25) is 10.3 Å². The van der Waals surface area contributed by atoms with E-state index in [0.29, 0.717) is 88.8 Å². The van der Waals surface area contributed by atoms with E-state index in [0.717, 1.165) is 74.5 Å². The number of nitrogens with one attached hydrogen (secondary N) is 5. The van der Waals surface area contributed by atoms with E-state index in [9.17, 15) is 31.2 Å². The van der Waals surface area contributed by atoms with Gasteiger partial charge in [-0.3, -0.25) is 9.59 Å². The number of likely N-dealkylation sites (tertiary alicyclic amines) is 1. The number of carbonyl (C=O) groups is 3. The second-order valence-electron chi connectivity index (χ2n) is 33.5. The van der Waals surface area contributed by atoms with Crippen LogP contribution in [0, 0.1) is 45.3 Å². The van der Waals surface area contributed by atoms with E-state index in [1.54, 1.807) is 54.9 Å². The monoisotopic (exact) mass is 1560 g/mol. The Hall–Kier alpha value is -8.69. The highest BCUT2D eigenvalue weighted by molar-refractivity contribution is 7.90. The lowest BCUT2D eigenvalue weighted by Crippen LogP contribution is -2.45. The number of fused-ring (bicyclic) bond motifs is 2. The molecule has 2 aromatic carbocycles. The zero-order chi connectivity index (χ0) is 76.5. The first-order valence-corrected chi connectivity index (χ1v) is 41.9. The largest absolute Gasteiger partial charge is 0.477 e. The standard InChI is InChI=1S/C43H52ClN7O6S.C38H44ClN7O4S/c1-40(2,3)57-39(53)50-27-28(26-41(50,4)5)14-16-31(29-10-7-6-8-11-29)45-33-12-9-13-36(46-33)58(54,55)49-38(52)30-15-17-34(47-37(30)44)51-24-18-35(48-51)56-25-19-32-42(20-21-42)43(32)22-23-43;1-36(2)23-25(24-40-36)11-13-28(26-7-4-3-5-8-26)41-30-9-6-10-33(42-30)51(48,49)45-35(47)27-12-14-31(43-34(27)39)46-21-15-32(44-46)50-22-16-29-37(17-18-37)38(29)19-20-38/h6-13,15,17-18,24,28,31-32H,14,16,19-23,25-27H2,1-5H3,(H,45,46)(H,49,52);3-10,12,14-15,21,25,28-29,40H,11,13,16-20,22-24H2,1-2H3,(H,41,42)(H,45,47)/t28-,31?;25-,28?/m00/s1. The van der Waals surface area contributed by atoms with E-state index in [-0.39, 0.29) is 66.7 Å². The molecule has 2 saturated heterocycles.